The maximum absolute atomic E-state index is 4.36. The molecule has 118 valence electrons. The summed E-state index contributed by atoms with van der Waals surface area (Å²) in [4.78, 5) is 4.89. The molecule has 1 aromatic heterocycles. The molecule has 1 saturated heterocycles. The molecule has 0 aliphatic carbocycles. The lowest BCUT2D eigenvalue weighted by Gasteiger charge is -2.34. The Balaban J connectivity index is 1.55. The van der Waals surface area contributed by atoms with Gasteiger partial charge in [-0.15, -0.1) is 10.2 Å². The second-order valence-corrected chi connectivity index (χ2v) is 7.32. The molecule has 22 heavy (non-hydrogen) atoms. The van der Waals surface area contributed by atoms with Crippen LogP contribution in [0.5, 0.6) is 0 Å². The molecular formula is C17H24N4S. The third-order valence-corrected chi connectivity index (χ3v) is 5.34. The van der Waals surface area contributed by atoms with Gasteiger partial charge in [0.15, 0.2) is 0 Å². The first kappa shape index (κ1) is 15.4. The number of hydrogen-bond donors (Lipinski definition) is 0. The van der Waals surface area contributed by atoms with E-state index >= 15 is 0 Å². The van der Waals surface area contributed by atoms with Gasteiger partial charge in [0.1, 0.15) is 5.01 Å². The van der Waals surface area contributed by atoms with Crippen LogP contribution in [0.15, 0.2) is 24.3 Å². The van der Waals surface area contributed by atoms with Gasteiger partial charge in [0, 0.05) is 38.6 Å². The van der Waals surface area contributed by atoms with Gasteiger partial charge in [0.05, 0.1) is 0 Å². The highest BCUT2D eigenvalue weighted by Crippen LogP contribution is 2.26. The van der Waals surface area contributed by atoms with Crippen LogP contribution >= 0.6 is 11.3 Å². The first-order valence-corrected chi connectivity index (χ1v) is 8.80. The van der Waals surface area contributed by atoms with E-state index in [4.69, 9.17) is 0 Å². The van der Waals surface area contributed by atoms with Crippen molar-refractivity contribution in [2.45, 2.75) is 33.2 Å². The van der Waals surface area contributed by atoms with Gasteiger partial charge >= 0.3 is 0 Å². The van der Waals surface area contributed by atoms with Crippen molar-refractivity contribution in [1.82, 2.24) is 15.1 Å². The zero-order valence-electron chi connectivity index (χ0n) is 13.6. The number of aryl methyl sites for hydroxylation is 1. The lowest BCUT2D eigenvalue weighted by atomic mass is 10.1. The number of anilines is 1. The molecule has 0 atom stereocenters. The van der Waals surface area contributed by atoms with Crippen LogP contribution < -0.4 is 4.90 Å². The van der Waals surface area contributed by atoms with Crippen LogP contribution in [-0.2, 0) is 6.54 Å². The van der Waals surface area contributed by atoms with Crippen LogP contribution in [-0.4, -0.2) is 41.3 Å². The van der Waals surface area contributed by atoms with Gasteiger partial charge in [-0.1, -0.05) is 55.0 Å². The maximum atomic E-state index is 4.36. The Morgan fingerprint density at radius 2 is 1.91 bits per heavy atom. The number of piperazine rings is 1. The Morgan fingerprint density at radius 1 is 1.14 bits per heavy atom. The van der Waals surface area contributed by atoms with Gasteiger partial charge in [0.25, 0.3) is 0 Å². The molecule has 0 amide bonds. The monoisotopic (exact) mass is 316 g/mol. The van der Waals surface area contributed by atoms with E-state index in [1.54, 1.807) is 11.3 Å². The summed E-state index contributed by atoms with van der Waals surface area (Å²) in [6.45, 7) is 11.8. The number of benzene rings is 1. The molecule has 0 radical (unpaired) electrons. The highest BCUT2D eigenvalue weighted by molar-refractivity contribution is 7.15. The fourth-order valence-electron chi connectivity index (χ4n) is 2.75. The third kappa shape index (κ3) is 3.65. The largest absolute Gasteiger partial charge is 0.344 e. The fraction of sp³-hybridized carbons (Fsp3) is 0.529. The number of aromatic nitrogens is 2. The topological polar surface area (TPSA) is 32.3 Å². The van der Waals surface area contributed by atoms with E-state index in [1.165, 1.54) is 11.1 Å². The molecule has 2 heterocycles. The van der Waals surface area contributed by atoms with Gasteiger partial charge in [-0.25, -0.2) is 0 Å². The molecule has 4 nitrogen and oxygen atoms in total. The van der Waals surface area contributed by atoms with Crippen molar-refractivity contribution >= 4 is 16.5 Å². The van der Waals surface area contributed by atoms with Gasteiger partial charge in [-0.2, -0.15) is 0 Å². The Morgan fingerprint density at radius 3 is 2.55 bits per heavy atom. The first-order chi connectivity index (χ1) is 10.6. The Kier molecular flexibility index (Phi) is 4.74. The van der Waals surface area contributed by atoms with Crippen LogP contribution in [0.25, 0.3) is 0 Å². The number of hydrogen-bond acceptors (Lipinski definition) is 5. The second-order valence-electron chi connectivity index (χ2n) is 6.33. The van der Waals surface area contributed by atoms with Crippen LogP contribution in [0.3, 0.4) is 0 Å². The van der Waals surface area contributed by atoms with E-state index in [2.05, 4.69) is 65.0 Å². The average Bonchev–Trinajstić information content (AvgIpc) is 2.98. The van der Waals surface area contributed by atoms with E-state index in [1.807, 2.05) is 0 Å². The van der Waals surface area contributed by atoms with Crippen LogP contribution in [0.2, 0.25) is 0 Å². The SMILES string of the molecule is Cc1cccc(CN2CCN(c3nnc(C(C)C)s3)CC2)c1. The number of rotatable bonds is 4. The molecule has 1 aliphatic rings. The summed E-state index contributed by atoms with van der Waals surface area (Å²) >= 11 is 1.74. The second kappa shape index (κ2) is 6.75. The molecule has 0 bridgehead atoms. The minimum absolute atomic E-state index is 0.467. The van der Waals surface area contributed by atoms with Crippen molar-refractivity contribution in [2.24, 2.45) is 0 Å². The first-order valence-electron chi connectivity index (χ1n) is 7.98. The van der Waals surface area contributed by atoms with Crippen LogP contribution in [0.4, 0.5) is 5.13 Å². The Bertz CT molecular complexity index is 615. The number of nitrogens with zero attached hydrogens (tertiary/aromatic N) is 4. The van der Waals surface area contributed by atoms with Crippen molar-refractivity contribution in [3.8, 4) is 0 Å². The highest BCUT2D eigenvalue weighted by atomic mass is 32.1. The van der Waals surface area contributed by atoms with E-state index in [9.17, 15) is 0 Å². The lowest BCUT2D eigenvalue weighted by Crippen LogP contribution is -2.45. The minimum atomic E-state index is 0.467. The Labute approximate surface area is 136 Å². The molecule has 1 aliphatic heterocycles. The normalized spacial score (nSPS) is 16.5. The fourth-order valence-corrected chi connectivity index (χ4v) is 3.65. The molecule has 1 aromatic carbocycles. The van der Waals surface area contributed by atoms with Crippen molar-refractivity contribution in [3.05, 3.63) is 40.4 Å². The van der Waals surface area contributed by atoms with Crippen molar-refractivity contribution < 1.29 is 0 Å². The molecular weight excluding hydrogens is 292 g/mol. The standard InChI is InChI=1S/C17H24N4S/c1-13(2)16-18-19-17(22-16)21-9-7-20(8-10-21)12-15-6-4-5-14(3)11-15/h4-6,11,13H,7-10,12H2,1-3H3. The predicted octanol–water partition coefficient (Wildman–Crippen LogP) is 3.29. The zero-order valence-corrected chi connectivity index (χ0v) is 14.4. The zero-order chi connectivity index (χ0) is 15.5. The van der Waals surface area contributed by atoms with E-state index < -0.39 is 0 Å². The van der Waals surface area contributed by atoms with Gasteiger partial charge in [-0.3, -0.25) is 4.90 Å². The Hall–Kier alpha value is -1.46. The van der Waals surface area contributed by atoms with E-state index in [0.29, 0.717) is 5.92 Å². The molecule has 0 N–H and O–H groups in total. The van der Waals surface area contributed by atoms with E-state index in [-0.39, 0.29) is 0 Å². The lowest BCUT2D eigenvalue weighted by molar-refractivity contribution is 0.249. The summed E-state index contributed by atoms with van der Waals surface area (Å²) in [6, 6.07) is 8.81. The minimum Gasteiger partial charge on any atom is -0.344 e. The molecule has 0 unspecified atom stereocenters. The molecule has 3 rings (SSSR count). The van der Waals surface area contributed by atoms with Crippen molar-refractivity contribution in [2.75, 3.05) is 31.1 Å². The third-order valence-electron chi connectivity index (χ3n) is 4.06. The smallest absolute Gasteiger partial charge is 0.208 e. The molecule has 1 fully saturated rings. The molecule has 0 spiro atoms. The summed E-state index contributed by atoms with van der Waals surface area (Å²) in [5, 5.41) is 10.9. The summed E-state index contributed by atoms with van der Waals surface area (Å²) in [7, 11) is 0. The summed E-state index contributed by atoms with van der Waals surface area (Å²) < 4.78 is 0. The van der Waals surface area contributed by atoms with Crippen LogP contribution in [0.1, 0.15) is 35.9 Å². The summed E-state index contributed by atoms with van der Waals surface area (Å²) in [5.74, 6) is 0.467. The highest BCUT2D eigenvalue weighted by Gasteiger charge is 2.20. The van der Waals surface area contributed by atoms with Gasteiger partial charge in [-0.05, 0) is 12.5 Å². The summed E-state index contributed by atoms with van der Waals surface area (Å²) in [5.41, 5.74) is 2.75. The van der Waals surface area contributed by atoms with Crippen molar-refractivity contribution in [1.29, 1.82) is 0 Å². The van der Waals surface area contributed by atoms with Gasteiger partial charge in [0.2, 0.25) is 5.13 Å². The van der Waals surface area contributed by atoms with E-state index in [0.717, 1.165) is 42.9 Å². The quantitative estimate of drug-likeness (QED) is 0.866. The summed E-state index contributed by atoms with van der Waals surface area (Å²) in [6.07, 6.45) is 0. The van der Waals surface area contributed by atoms with Crippen molar-refractivity contribution in [3.63, 3.8) is 0 Å². The predicted molar refractivity (Wildman–Crippen MR) is 92.7 cm³/mol. The molecule has 0 saturated carbocycles. The average molecular weight is 316 g/mol. The molecule has 5 heteroatoms. The van der Waals surface area contributed by atoms with Gasteiger partial charge < -0.3 is 4.90 Å². The molecule has 2 aromatic rings. The van der Waals surface area contributed by atoms with Crippen LogP contribution in [0, 0.1) is 6.92 Å². The maximum Gasteiger partial charge on any atom is 0.208 e.